The number of nitrogens with zero attached hydrogens (tertiary/aromatic N) is 1. The lowest BCUT2D eigenvalue weighted by Crippen LogP contribution is -2.16. The minimum Gasteiger partial charge on any atom is -0.457 e. The average molecular weight is 589 g/mol. The maximum absolute atomic E-state index is 12.7. The molecule has 0 radical (unpaired) electrons. The Morgan fingerprint density at radius 2 is 1.76 bits per heavy atom. The topological polar surface area (TPSA) is 68.6 Å². The van der Waals surface area contributed by atoms with Crippen LogP contribution in [0.1, 0.15) is 25.5 Å². The van der Waals surface area contributed by atoms with Crippen molar-refractivity contribution in [2.45, 2.75) is 26.3 Å². The van der Waals surface area contributed by atoms with Gasteiger partial charge in [-0.2, -0.15) is 5.26 Å². The second-order valence-corrected chi connectivity index (χ2v) is 10.7. The molecule has 2 aromatic carbocycles. The van der Waals surface area contributed by atoms with E-state index in [1.165, 1.54) is 18.2 Å². The minimum atomic E-state index is -4.78. The molecule has 0 bridgehead atoms. The lowest BCUT2D eigenvalue weighted by Gasteiger charge is -2.14. The highest BCUT2D eigenvalue weighted by Gasteiger charge is 2.61. The molecule has 0 aromatic heterocycles. The lowest BCUT2D eigenvalue weighted by molar-refractivity contribution is -0.274. The number of esters is 1. The Bertz CT molecular complexity index is 1090. The molecule has 0 spiro atoms. The van der Waals surface area contributed by atoms with E-state index in [-0.39, 0.29) is 28.7 Å². The first-order valence-corrected chi connectivity index (χ1v) is 11.3. The fraction of sp³-hybridized carbons (Fsp3) is 0.304. The van der Waals surface area contributed by atoms with E-state index in [9.17, 15) is 23.2 Å². The van der Waals surface area contributed by atoms with E-state index in [0.29, 0.717) is 11.3 Å². The zero-order valence-electron chi connectivity index (χ0n) is 17.4. The van der Waals surface area contributed by atoms with Crippen LogP contribution in [0.15, 0.2) is 58.0 Å². The van der Waals surface area contributed by atoms with Gasteiger partial charge in [-0.25, -0.2) is 0 Å². The molecule has 1 unspecified atom stereocenters. The van der Waals surface area contributed by atoms with Crippen LogP contribution >= 0.6 is 31.9 Å². The van der Waals surface area contributed by atoms with Crippen LogP contribution in [-0.4, -0.2) is 12.3 Å². The maximum Gasteiger partial charge on any atom is 0.573 e. The Hall–Kier alpha value is -2.51. The van der Waals surface area contributed by atoms with Gasteiger partial charge in [0.15, 0.2) is 0 Å². The first kappa shape index (κ1) is 25.1. The Morgan fingerprint density at radius 1 is 1.12 bits per heavy atom. The summed E-state index contributed by atoms with van der Waals surface area (Å²) in [4.78, 5) is 12.7. The summed E-state index contributed by atoms with van der Waals surface area (Å²) in [5, 5.41) is 9.58. The Morgan fingerprint density at radius 3 is 2.33 bits per heavy atom. The third-order valence-corrected chi connectivity index (χ3v) is 5.80. The molecule has 1 aliphatic carbocycles. The molecular formula is C23H18Br2F3NO4. The molecule has 1 aliphatic rings. The van der Waals surface area contributed by atoms with Crippen molar-refractivity contribution in [2.24, 2.45) is 17.3 Å². The summed E-state index contributed by atoms with van der Waals surface area (Å²) in [5.41, 5.74) is 0.115. The van der Waals surface area contributed by atoms with E-state index in [2.05, 4.69) is 36.6 Å². The monoisotopic (exact) mass is 587 g/mol. The van der Waals surface area contributed by atoms with Crippen molar-refractivity contribution in [2.75, 3.05) is 0 Å². The van der Waals surface area contributed by atoms with E-state index in [1.54, 1.807) is 18.2 Å². The molecule has 2 aromatic rings. The van der Waals surface area contributed by atoms with Crippen molar-refractivity contribution in [3.63, 3.8) is 0 Å². The smallest absolute Gasteiger partial charge is 0.457 e. The third-order valence-electron chi connectivity index (χ3n) is 5.28. The van der Waals surface area contributed by atoms with Crippen LogP contribution in [0, 0.1) is 28.6 Å². The zero-order chi connectivity index (χ0) is 24.4. The zero-order valence-corrected chi connectivity index (χ0v) is 20.6. The number of alkyl halides is 3. The number of nitriles is 1. The van der Waals surface area contributed by atoms with Crippen molar-refractivity contribution >= 4 is 37.8 Å². The summed E-state index contributed by atoms with van der Waals surface area (Å²) < 4.78 is 52.6. The van der Waals surface area contributed by atoms with Crippen LogP contribution in [0.5, 0.6) is 17.2 Å². The Labute approximate surface area is 205 Å². The van der Waals surface area contributed by atoms with Gasteiger partial charge >= 0.3 is 12.3 Å². The van der Waals surface area contributed by atoms with E-state index >= 15 is 0 Å². The average Bonchev–Trinajstić information content (AvgIpc) is 3.25. The summed E-state index contributed by atoms with van der Waals surface area (Å²) in [6.45, 7) is 3.90. The molecule has 0 heterocycles. The van der Waals surface area contributed by atoms with E-state index in [4.69, 9.17) is 9.47 Å². The molecule has 1 saturated carbocycles. The van der Waals surface area contributed by atoms with Crippen molar-refractivity contribution in [1.82, 2.24) is 0 Å². The van der Waals surface area contributed by atoms with Gasteiger partial charge in [0.1, 0.15) is 23.3 Å². The second kappa shape index (κ2) is 9.77. The number of allylic oxidation sites excluding steroid dienone is 1. The SMILES string of the molecule is CC1(C)[C@H](C(=O)OC(C#N)c2cccc(Oc3ccc(OC(F)(F)F)cc3)c2)[C@@H]1C=C(Br)Br. The van der Waals surface area contributed by atoms with Crippen molar-refractivity contribution < 1.29 is 32.2 Å². The van der Waals surface area contributed by atoms with Crippen molar-refractivity contribution in [1.29, 1.82) is 5.26 Å². The first-order chi connectivity index (χ1) is 15.4. The Balaban J connectivity index is 1.68. The molecule has 33 heavy (non-hydrogen) atoms. The molecule has 3 rings (SSSR count). The number of hydrogen-bond acceptors (Lipinski definition) is 5. The molecule has 1 fully saturated rings. The van der Waals surface area contributed by atoms with Crippen LogP contribution in [0.25, 0.3) is 0 Å². The van der Waals surface area contributed by atoms with Gasteiger partial charge in [0.2, 0.25) is 6.10 Å². The second-order valence-electron chi connectivity index (χ2n) is 7.92. The van der Waals surface area contributed by atoms with E-state index in [1.807, 2.05) is 26.0 Å². The van der Waals surface area contributed by atoms with E-state index < -0.39 is 18.4 Å². The predicted octanol–water partition coefficient (Wildman–Crippen LogP) is 7.39. The third kappa shape index (κ3) is 6.51. The van der Waals surface area contributed by atoms with Crippen LogP contribution in [0.3, 0.4) is 0 Å². The number of ether oxygens (including phenoxy) is 3. The largest absolute Gasteiger partial charge is 0.573 e. The van der Waals surface area contributed by atoms with Gasteiger partial charge < -0.3 is 14.2 Å². The number of hydrogen-bond donors (Lipinski definition) is 0. The van der Waals surface area contributed by atoms with Gasteiger partial charge in [-0.3, -0.25) is 4.79 Å². The summed E-state index contributed by atoms with van der Waals surface area (Å²) in [7, 11) is 0. The van der Waals surface area contributed by atoms with Crippen LogP contribution in [-0.2, 0) is 9.53 Å². The molecule has 0 N–H and O–H groups in total. The molecule has 0 aliphatic heterocycles. The van der Waals surface area contributed by atoms with E-state index in [0.717, 1.165) is 15.5 Å². The van der Waals surface area contributed by atoms with Crippen LogP contribution in [0.2, 0.25) is 0 Å². The lowest BCUT2D eigenvalue weighted by atomic mass is 10.1. The van der Waals surface area contributed by atoms with Crippen molar-refractivity contribution in [3.8, 4) is 23.3 Å². The molecule has 10 heteroatoms. The molecular weight excluding hydrogens is 571 g/mol. The maximum atomic E-state index is 12.7. The summed E-state index contributed by atoms with van der Waals surface area (Å²) in [6, 6.07) is 13.3. The van der Waals surface area contributed by atoms with Gasteiger partial charge in [-0.15, -0.1) is 13.2 Å². The summed E-state index contributed by atoms with van der Waals surface area (Å²) >= 11 is 6.60. The van der Waals surface area contributed by atoms with Gasteiger partial charge in [0.05, 0.1) is 9.31 Å². The minimum absolute atomic E-state index is 0.0305. The highest BCUT2D eigenvalue weighted by atomic mass is 79.9. The predicted molar refractivity (Wildman–Crippen MR) is 121 cm³/mol. The highest BCUT2D eigenvalue weighted by Crippen LogP contribution is 2.60. The van der Waals surface area contributed by atoms with Crippen LogP contribution in [0.4, 0.5) is 13.2 Å². The number of benzene rings is 2. The first-order valence-electron chi connectivity index (χ1n) is 9.67. The molecule has 5 nitrogen and oxygen atoms in total. The summed E-state index contributed by atoms with van der Waals surface area (Å²) in [6.07, 6.45) is -4.04. The molecule has 3 atom stereocenters. The molecule has 174 valence electrons. The van der Waals surface area contributed by atoms with Gasteiger partial charge in [-0.1, -0.05) is 32.1 Å². The number of rotatable bonds is 7. The number of carbonyl (C=O) groups excluding carboxylic acids is 1. The fourth-order valence-electron chi connectivity index (χ4n) is 3.52. The normalized spacial score (nSPS) is 19.6. The number of halogens is 5. The van der Waals surface area contributed by atoms with Gasteiger partial charge in [0, 0.05) is 5.56 Å². The van der Waals surface area contributed by atoms with Gasteiger partial charge in [-0.05, 0) is 79.6 Å². The summed E-state index contributed by atoms with van der Waals surface area (Å²) in [5.74, 6) is -0.665. The van der Waals surface area contributed by atoms with Crippen molar-refractivity contribution in [3.05, 3.63) is 63.6 Å². The van der Waals surface area contributed by atoms with Gasteiger partial charge in [0.25, 0.3) is 0 Å². The molecule has 0 amide bonds. The number of carbonyl (C=O) groups is 1. The standard InChI is InChI=1S/C23H18Br2F3NO4/c1-22(2)17(11-19(24)25)20(22)21(30)32-18(12-29)13-4-3-5-16(10-13)31-14-6-8-15(9-7-14)33-23(26,27)28/h3-11,17-18,20H,1-2H3/t17-,18?,20-/m0/s1. The quantitative estimate of drug-likeness (QED) is 0.315. The fourth-order valence-corrected chi connectivity index (χ4v) is 4.09. The highest BCUT2D eigenvalue weighted by molar-refractivity contribution is 9.28. The molecule has 0 saturated heterocycles. The Kier molecular flexibility index (Phi) is 7.44. The van der Waals surface area contributed by atoms with Crippen LogP contribution < -0.4 is 9.47 Å².